The number of aliphatic hydroxyl groups excluding tert-OH is 2. The lowest BCUT2D eigenvalue weighted by molar-refractivity contribution is 0.0785. The predicted octanol–water partition coefficient (Wildman–Crippen LogP) is 5.82. The molecule has 0 aliphatic heterocycles. The van der Waals surface area contributed by atoms with E-state index in [1.807, 2.05) is 26.0 Å². The second-order valence-electron chi connectivity index (χ2n) is 10.8. The molecule has 0 saturated heterocycles. The van der Waals surface area contributed by atoms with Crippen LogP contribution in [0.25, 0.3) is 6.08 Å². The maximum atomic E-state index is 10.2. The summed E-state index contributed by atoms with van der Waals surface area (Å²) in [6.07, 6.45) is 12.4. The SMILES string of the molecule is C=C1/C(=C\C=C2/CCC[C@]3(C)/C(=C/c4ccc(C(C)(C)O)cc4)CC[C@@H]23)C[C@@H](O)C[C@@H]1O. The third-order valence-corrected chi connectivity index (χ3v) is 8.04. The van der Waals surface area contributed by atoms with Crippen molar-refractivity contribution in [2.75, 3.05) is 0 Å². The molecule has 3 N–H and O–H groups in total. The molecule has 0 unspecified atom stereocenters. The normalized spacial score (nSPS) is 35.0. The number of fused-ring (bicyclic) bond motifs is 1. The lowest BCUT2D eigenvalue weighted by Crippen LogP contribution is -2.29. The largest absolute Gasteiger partial charge is 0.393 e. The zero-order valence-electron chi connectivity index (χ0n) is 19.8. The molecule has 1 aromatic carbocycles. The molecule has 3 saturated carbocycles. The minimum absolute atomic E-state index is 0.181. The molecule has 0 bridgehead atoms. The third-order valence-electron chi connectivity index (χ3n) is 8.04. The van der Waals surface area contributed by atoms with Gasteiger partial charge in [-0.2, -0.15) is 0 Å². The molecule has 3 fully saturated rings. The van der Waals surface area contributed by atoms with Gasteiger partial charge in [-0.15, -0.1) is 0 Å². The molecule has 0 radical (unpaired) electrons. The third kappa shape index (κ3) is 4.57. The summed E-state index contributed by atoms with van der Waals surface area (Å²) in [6, 6.07) is 8.29. The number of allylic oxidation sites excluding steroid dienone is 4. The Bertz CT molecular complexity index is 957. The Morgan fingerprint density at radius 1 is 1.09 bits per heavy atom. The van der Waals surface area contributed by atoms with E-state index < -0.39 is 17.8 Å². The van der Waals surface area contributed by atoms with Crippen molar-refractivity contribution < 1.29 is 15.3 Å². The smallest absolute Gasteiger partial charge is 0.0840 e. The Balaban J connectivity index is 1.57. The van der Waals surface area contributed by atoms with Crippen LogP contribution in [0.1, 0.15) is 76.8 Å². The van der Waals surface area contributed by atoms with E-state index >= 15 is 0 Å². The Kier molecular flexibility index (Phi) is 6.37. The van der Waals surface area contributed by atoms with Gasteiger partial charge < -0.3 is 15.3 Å². The van der Waals surface area contributed by atoms with Gasteiger partial charge in [0.25, 0.3) is 0 Å². The van der Waals surface area contributed by atoms with Crippen molar-refractivity contribution in [2.45, 2.75) is 83.5 Å². The van der Waals surface area contributed by atoms with E-state index in [4.69, 9.17) is 0 Å². The van der Waals surface area contributed by atoms with Gasteiger partial charge in [0.05, 0.1) is 17.8 Å². The molecular formula is C29H38O3. The van der Waals surface area contributed by atoms with Gasteiger partial charge in [0.1, 0.15) is 0 Å². The van der Waals surface area contributed by atoms with Crippen LogP contribution >= 0.6 is 0 Å². The summed E-state index contributed by atoms with van der Waals surface area (Å²) < 4.78 is 0. The molecule has 3 aliphatic rings. The first-order valence-electron chi connectivity index (χ1n) is 12.1. The molecule has 3 heteroatoms. The Hall–Kier alpha value is -1.94. The summed E-state index contributed by atoms with van der Waals surface area (Å²) in [5, 5.41) is 30.4. The summed E-state index contributed by atoms with van der Waals surface area (Å²) in [7, 11) is 0. The molecule has 3 nitrogen and oxygen atoms in total. The van der Waals surface area contributed by atoms with E-state index in [2.05, 4.69) is 43.9 Å². The predicted molar refractivity (Wildman–Crippen MR) is 131 cm³/mol. The van der Waals surface area contributed by atoms with Gasteiger partial charge in [-0.1, -0.05) is 67.1 Å². The topological polar surface area (TPSA) is 60.7 Å². The maximum Gasteiger partial charge on any atom is 0.0840 e. The lowest BCUT2D eigenvalue weighted by atomic mass is 9.65. The molecule has 0 aromatic heterocycles. The van der Waals surface area contributed by atoms with Gasteiger partial charge in [0.2, 0.25) is 0 Å². The fourth-order valence-electron chi connectivity index (χ4n) is 5.98. The van der Waals surface area contributed by atoms with Crippen LogP contribution < -0.4 is 0 Å². The highest BCUT2D eigenvalue weighted by Crippen LogP contribution is 2.57. The number of rotatable bonds is 3. The quantitative estimate of drug-likeness (QED) is 0.561. The van der Waals surface area contributed by atoms with Crippen LogP contribution in [0, 0.1) is 11.3 Å². The van der Waals surface area contributed by atoms with Crippen LogP contribution in [0.5, 0.6) is 0 Å². The number of aliphatic hydroxyl groups is 3. The average molecular weight is 435 g/mol. The summed E-state index contributed by atoms with van der Waals surface area (Å²) in [6.45, 7) is 10.1. The van der Waals surface area contributed by atoms with Crippen molar-refractivity contribution >= 4 is 6.08 Å². The second-order valence-corrected chi connectivity index (χ2v) is 10.8. The Morgan fingerprint density at radius 2 is 1.81 bits per heavy atom. The van der Waals surface area contributed by atoms with Gasteiger partial charge >= 0.3 is 0 Å². The van der Waals surface area contributed by atoms with Crippen LogP contribution in [-0.2, 0) is 5.60 Å². The van der Waals surface area contributed by atoms with E-state index in [1.54, 1.807) is 0 Å². The molecule has 4 rings (SSSR count). The fourth-order valence-corrected chi connectivity index (χ4v) is 5.98. The van der Waals surface area contributed by atoms with Crippen LogP contribution in [0.15, 0.2) is 65.3 Å². The van der Waals surface area contributed by atoms with Crippen molar-refractivity contribution in [3.8, 4) is 0 Å². The first-order chi connectivity index (χ1) is 15.1. The zero-order chi connectivity index (χ0) is 23.1. The van der Waals surface area contributed by atoms with Crippen LogP contribution in [0.4, 0.5) is 0 Å². The zero-order valence-corrected chi connectivity index (χ0v) is 19.8. The number of hydrogen-bond acceptors (Lipinski definition) is 3. The average Bonchev–Trinajstić information content (AvgIpc) is 3.06. The number of benzene rings is 1. The highest BCUT2D eigenvalue weighted by atomic mass is 16.3. The molecule has 172 valence electrons. The van der Waals surface area contributed by atoms with Gasteiger partial charge in [0.15, 0.2) is 0 Å². The standard InChI is InChI=1S/C29H38O3/c1-19-22(17-25(30)18-27(19)31)10-9-21-6-5-15-29(4)24(13-14-26(21)29)16-20-7-11-23(12-8-20)28(2,3)32/h7-12,16,25-27,30-32H,1,5-6,13-15,17-18H2,2-4H3/b21-9+,22-10-,24-16+/t25-,26+,27+,29-/m1/s1. The van der Waals surface area contributed by atoms with Crippen LogP contribution in [0.3, 0.4) is 0 Å². The van der Waals surface area contributed by atoms with Crippen molar-refractivity contribution in [2.24, 2.45) is 11.3 Å². The highest BCUT2D eigenvalue weighted by Gasteiger charge is 2.45. The second kappa shape index (κ2) is 8.78. The van der Waals surface area contributed by atoms with E-state index in [-0.39, 0.29) is 5.41 Å². The first-order valence-corrected chi connectivity index (χ1v) is 12.1. The summed E-state index contributed by atoms with van der Waals surface area (Å²) in [5.74, 6) is 0.543. The summed E-state index contributed by atoms with van der Waals surface area (Å²) >= 11 is 0. The fraction of sp³-hybridized carbons (Fsp3) is 0.517. The monoisotopic (exact) mass is 434 g/mol. The lowest BCUT2D eigenvalue weighted by Gasteiger charge is -2.39. The van der Waals surface area contributed by atoms with Gasteiger partial charge in [0, 0.05) is 6.42 Å². The summed E-state index contributed by atoms with van der Waals surface area (Å²) in [5.41, 5.74) is 6.27. The maximum absolute atomic E-state index is 10.2. The van der Waals surface area contributed by atoms with E-state index in [1.165, 1.54) is 36.0 Å². The van der Waals surface area contributed by atoms with Gasteiger partial charge in [-0.3, -0.25) is 0 Å². The molecule has 0 amide bonds. The van der Waals surface area contributed by atoms with Crippen molar-refractivity contribution in [1.82, 2.24) is 0 Å². The minimum atomic E-state index is -0.816. The van der Waals surface area contributed by atoms with E-state index in [9.17, 15) is 15.3 Å². The van der Waals surface area contributed by atoms with Crippen molar-refractivity contribution in [3.63, 3.8) is 0 Å². The Morgan fingerprint density at radius 3 is 2.50 bits per heavy atom. The van der Waals surface area contributed by atoms with Crippen molar-refractivity contribution in [1.29, 1.82) is 0 Å². The van der Waals surface area contributed by atoms with Gasteiger partial charge in [-0.25, -0.2) is 0 Å². The summed E-state index contributed by atoms with van der Waals surface area (Å²) in [4.78, 5) is 0. The Labute approximate surface area is 192 Å². The molecule has 32 heavy (non-hydrogen) atoms. The molecular weight excluding hydrogens is 396 g/mol. The molecule has 4 atom stereocenters. The van der Waals surface area contributed by atoms with Crippen LogP contribution in [-0.4, -0.2) is 27.5 Å². The molecule has 0 spiro atoms. The molecule has 0 heterocycles. The molecule has 1 aromatic rings. The first kappa shape index (κ1) is 23.2. The highest BCUT2D eigenvalue weighted by molar-refractivity contribution is 5.57. The van der Waals surface area contributed by atoms with Gasteiger partial charge in [-0.05, 0) is 86.0 Å². The van der Waals surface area contributed by atoms with E-state index in [0.29, 0.717) is 18.8 Å². The minimum Gasteiger partial charge on any atom is -0.393 e. The van der Waals surface area contributed by atoms with Crippen molar-refractivity contribution in [3.05, 3.63) is 76.4 Å². The van der Waals surface area contributed by atoms with E-state index in [0.717, 1.165) is 29.6 Å². The number of hydrogen-bond donors (Lipinski definition) is 3. The van der Waals surface area contributed by atoms with Crippen LogP contribution in [0.2, 0.25) is 0 Å². The molecule has 3 aliphatic carbocycles.